The molecule has 1 fully saturated rings. The van der Waals surface area contributed by atoms with Crippen molar-refractivity contribution in [1.82, 2.24) is 5.32 Å². The van der Waals surface area contributed by atoms with Gasteiger partial charge in [-0.15, -0.1) is 0 Å². The number of alkyl halides is 1. The van der Waals surface area contributed by atoms with Crippen LogP contribution < -0.4 is 15.8 Å². The minimum Gasteiger partial charge on any atom is -0.480 e. The summed E-state index contributed by atoms with van der Waals surface area (Å²) < 4.78 is 43.9. The lowest BCUT2D eigenvalue weighted by Gasteiger charge is -2.37. The molecule has 2 unspecified atom stereocenters. The summed E-state index contributed by atoms with van der Waals surface area (Å²) in [6.45, 7) is 4.23. The SMILES string of the molecule is CC1CCC(NC[C@]2(c3ccccc3)Oc3cc(F)c(Cl)c(C4=C(C(N)=O)C=CC(OCCO)C4F)c3[C@@H]2C)CC1. The minimum absolute atomic E-state index is 0.0571. The van der Waals surface area contributed by atoms with E-state index in [1.165, 1.54) is 18.2 Å². The number of nitrogens with one attached hydrogen (secondary N) is 1. The fraction of sp³-hybridized carbons (Fsp3) is 0.469. The zero-order valence-corrected chi connectivity index (χ0v) is 24.1. The smallest absolute Gasteiger partial charge is 0.249 e. The lowest BCUT2D eigenvalue weighted by Crippen LogP contribution is -2.47. The number of benzene rings is 2. The van der Waals surface area contributed by atoms with Gasteiger partial charge in [-0.25, -0.2) is 8.78 Å². The van der Waals surface area contributed by atoms with E-state index in [4.69, 9.17) is 26.8 Å². The number of amides is 1. The van der Waals surface area contributed by atoms with Gasteiger partial charge in [-0.05, 0) is 37.2 Å². The van der Waals surface area contributed by atoms with Crippen molar-refractivity contribution in [3.05, 3.63) is 81.7 Å². The number of rotatable bonds is 9. The molecular formula is C32H37ClF2N2O4. The van der Waals surface area contributed by atoms with Crippen LogP contribution in [0.15, 0.2) is 54.1 Å². The first-order valence-corrected chi connectivity index (χ1v) is 14.6. The first kappa shape index (κ1) is 29.7. The van der Waals surface area contributed by atoms with Crippen LogP contribution in [0.2, 0.25) is 5.02 Å². The highest BCUT2D eigenvalue weighted by Crippen LogP contribution is 2.55. The molecule has 4 N–H and O–H groups in total. The van der Waals surface area contributed by atoms with E-state index < -0.39 is 35.5 Å². The zero-order valence-electron chi connectivity index (χ0n) is 23.3. The Morgan fingerprint density at radius 2 is 1.93 bits per heavy atom. The second-order valence-corrected chi connectivity index (χ2v) is 11.8. The number of aliphatic hydroxyl groups excluding tert-OH is 1. The number of carbonyl (C=O) groups excluding carboxylic acids is 1. The summed E-state index contributed by atoms with van der Waals surface area (Å²) >= 11 is 6.61. The van der Waals surface area contributed by atoms with Crippen LogP contribution in [0, 0.1) is 11.7 Å². The summed E-state index contributed by atoms with van der Waals surface area (Å²) in [5.41, 5.74) is 5.92. The molecule has 2 aromatic carbocycles. The summed E-state index contributed by atoms with van der Waals surface area (Å²) in [4.78, 5) is 12.5. The van der Waals surface area contributed by atoms with Gasteiger partial charge in [0.1, 0.15) is 17.7 Å². The lowest BCUT2D eigenvalue weighted by atomic mass is 9.76. The molecule has 1 saturated carbocycles. The summed E-state index contributed by atoms with van der Waals surface area (Å²) in [6.07, 6.45) is 4.14. The van der Waals surface area contributed by atoms with Crippen molar-refractivity contribution >= 4 is 23.1 Å². The average molecular weight is 587 g/mol. The molecule has 0 bridgehead atoms. The minimum atomic E-state index is -1.89. The Bertz CT molecular complexity index is 1340. The monoisotopic (exact) mass is 586 g/mol. The molecule has 4 atom stereocenters. The molecule has 0 aromatic heterocycles. The number of hydrogen-bond donors (Lipinski definition) is 3. The van der Waals surface area contributed by atoms with Gasteiger partial charge in [0.15, 0.2) is 11.8 Å². The third-order valence-corrected chi connectivity index (χ3v) is 9.19. The fourth-order valence-electron chi connectivity index (χ4n) is 6.50. The van der Waals surface area contributed by atoms with Crippen molar-refractivity contribution in [2.45, 2.75) is 69.4 Å². The number of hydrogen-bond acceptors (Lipinski definition) is 5. The molecule has 0 radical (unpaired) electrons. The molecule has 220 valence electrons. The van der Waals surface area contributed by atoms with Crippen LogP contribution in [-0.4, -0.2) is 49.1 Å². The van der Waals surface area contributed by atoms with E-state index in [-0.39, 0.29) is 40.7 Å². The van der Waals surface area contributed by atoms with Crippen molar-refractivity contribution in [3.63, 3.8) is 0 Å². The number of primary amides is 1. The molecule has 2 aliphatic carbocycles. The fourth-order valence-corrected chi connectivity index (χ4v) is 6.76. The highest BCUT2D eigenvalue weighted by atomic mass is 35.5. The molecular weight excluding hydrogens is 550 g/mol. The lowest BCUT2D eigenvalue weighted by molar-refractivity contribution is -0.114. The van der Waals surface area contributed by atoms with Crippen molar-refractivity contribution < 1.29 is 28.2 Å². The van der Waals surface area contributed by atoms with E-state index in [1.807, 2.05) is 37.3 Å². The molecule has 9 heteroatoms. The molecule has 0 saturated heterocycles. The van der Waals surface area contributed by atoms with Crippen LogP contribution in [0.4, 0.5) is 8.78 Å². The number of ether oxygens (including phenoxy) is 2. The van der Waals surface area contributed by atoms with Gasteiger partial charge >= 0.3 is 0 Å². The van der Waals surface area contributed by atoms with E-state index in [0.717, 1.165) is 31.2 Å². The predicted octanol–water partition coefficient (Wildman–Crippen LogP) is 5.56. The third kappa shape index (κ3) is 5.55. The largest absolute Gasteiger partial charge is 0.480 e. The summed E-state index contributed by atoms with van der Waals surface area (Å²) in [6, 6.07) is 11.3. The first-order chi connectivity index (χ1) is 19.7. The Hall–Kier alpha value is -2.78. The number of carbonyl (C=O) groups is 1. The molecule has 1 heterocycles. The molecule has 5 rings (SSSR count). The van der Waals surface area contributed by atoms with Gasteiger partial charge in [-0.3, -0.25) is 4.79 Å². The Balaban J connectivity index is 1.62. The van der Waals surface area contributed by atoms with Gasteiger partial charge in [0.2, 0.25) is 5.91 Å². The topological polar surface area (TPSA) is 93.8 Å². The van der Waals surface area contributed by atoms with Crippen molar-refractivity contribution in [2.75, 3.05) is 19.8 Å². The van der Waals surface area contributed by atoms with Crippen LogP contribution >= 0.6 is 11.6 Å². The van der Waals surface area contributed by atoms with Gasteiger partial charge in [-0.1, -0.05) is 67.9 Å². The molecule has 1 amide bonds. The maximum absolute atomic E-state index is 16.2. The molecule has 3 aliphatic rings. The Kier molecular flexibility index (Phi) is 8.85. The van der Waals surface area contributed by atoms with Gasteiger partial charge in [0.25, 0.3) is 0 Å². The average Bonchev–Trinajstić information content (AvgIpc) is 3.25. The number of halogens is 3. The predicted molar refractivity (Wildman–Crippen MR) is 155 cm³/mol. The van der Waals surface area contributed by atoms with Crippen molar-refractivity contribution in [2.24, 2.45) is 11.7 Å². The normalized spacial score (nSPS) is 29.4. The van der Waals surface area contributed by atoms with Crippen LogP contribution in [0.3, 0.4) is 0 Å². The first-order valence-electron chi connectivity index (χ1n) is 14.3. The maximum atomic E-state index is 16.2. The zero-order chi connectivity index (χ0) is 29.3. The molecule has 1 aliphatic heterocycles. The van der Waals surface area contributed by atoms with E-state index >= 15 is 8.78 Å². The third-order valence-electron chi connectivity index (χ3n) is 8.82. The Labute approximate surface area is 244 Å². The van der Waals surface area contributed by atoms with Crippen LogP contribution in [0.25, 0.3) is 5.57 Å². The van der Waals surface area contributed by atoms with E-state index in [9.17, 15) is 9.90 Å². The van der Waals surface area contributed by atoms with Crippen LogP contribution in [0.5, 0.6) is 5.75 Å². The van der Waals surface area contributed by atoms with Crippen molar-refractivity contribution in [1.29, 1.82) is 0 Å². The summed E-state index contributed by atoms with van der Waals surface area (Å²) in [5, 5.41) is 12.6. The van der Waals surface area contributed by atoms with Gasteiger partial charge in [-0.2, -0.15) is 0 Å². The van der Waals surface area contributed by atoms with Gasteiger partial charge in [0.05, 0.1) is 18.2 Å². The van der Waals surface area contributed by atoms with E-state index in [2.05, 4.69) is 12.2 Å². The van der Waals surface area contributed by atoms with Crippen LogP contribution in [0.1, 0.15) is 62.1 Å². The second kappa shape index (κ2) is 12.2. The standard InChI is InChI=1S/C32H37ClF2N2O4/c1-18-8-10-21(11-9-18)37-17-32(20-6-4-3-5-7-20)19(2)26-25(41-32)16-23(34)29(33)28(26)27-22(31(36)39)12-13-24(30(27)35)40-15-14-38/h3-7,12-13,16,18-19,21,24,30,37-38H,8-11,14-15,17H2,1-2H3,(H2,36,39)/t18?,19-,21?,24?,30?,32-/m0/s1. The number of nitrogens with two attached hydrogens (primary N) is 1. The molecule has 0 spiro atoms. The second-order valence-electron chi connectivity index (χ2n) is 11.4. The molecule has 2 aromatic rings. The highest BCUT2D eigenvalue weighted by molar-refractivity contribution is 6.33. The van der Waals surface area contributed by atoms with Gasteiger partial charge < -0.3 is 25.6 Å². The molecule has 41 heavy (non-hydrogen) atoms. The van der Waals surface area contributed by atoms with Gasteiger partial charge in [0, 0.05) is 46.8 Å². The summed E-state index contributed by atoms with van der Waals surface area (Å²) in [7, 11) is 0. The highest BCUT2D eigenvalue weighted by Gasteiger charge is 2.51. The summed E-state index contributed by atoms with van der Waals surface area (Å²) in [5.74, 6) is -1.15. The van der Waals surface area contributed by atoms with Crippen molar-refractivity contribution in [3.8, 4) is 5.75 Å². The van der Waals surface area contributed by atoms with E-state index in [0.29, 0.717) is 24.1 Å². The molecule has 6 nitrogen and oxygen atoms in total. The Morgan fingerprint density at radius 1 is 1.22 bits per heavy atom. The Morgan fingerprint density at radius 3 is 2.59 bits per heavy atom. The number of aliphatic hydroxyl groups is 1. The number of fused-ring (bicyclic) bond motifs is 1. The maximum Gasteiger partial charge on any atom is 0.249 e. The van der Waals surface area contributed by atoms with E-state index in [1.54, 1.807) is 0 Å². The quantitative estimate of drug-likeness (QED) is 0.358. The van der Waals surface area contributed by atoms with Crippen LogP contribution in [-0.2, 0) is 15.1 Å².